The molecule has 0 saturated carbocycles. The number of aromatic nitrogens is 2. The van der Waals surface area contributed by atoms with Crippen LogP contribution < -0.4 is 20.6 Å². The highest BCUT2D eigenvalue weighted by Gasteiger charge is 2.20. The van der Waals surface area contributed by atoms with Crippen LogP contribution in [0.2, 0.25) is 0 Å². The Morgan fingerprint density at radius 3 is 1.50 bits per heavy atom. The molecule has 0 amide bonds. The summed E-state index contributed by atoms with van der Waals surface area (Å²) in [6.07, 6.45) is 0. The second kappa shape index (κ2) is 7.73. The number of carbonyl (C=O) groups is 1. The van der Waals surface area contributed by atoms with Gasteiger partial charge in [-0.25, -0.2) is 0 Å². The summed E-state index contributed by atoms with van der Waals surface area (Å²) in [4.78, 5) is 43.8. The van der Waals surface area contributed by atoms with Crippen LogP contribution in [0.15, 0.2) is 54.9 Å². The number of benzene rings is 2. The molecule has 0 radical (unpaired) electrons. The molecule has 0 saturated heterocycles. The first-order chi connectivity index (χ1) is 14.3. The molecule has 0 bridgehead atoms. The lowest BCUT2D eigenvalue weighted by atomic mass is 10.0. The molecule has 0 aliphatic rings. The smallest absolute Gasteiger partial charge is 0.259 e. The van der Waals surface area contributed by atoms with E-state index in [1.54, 1.807) is 24.3 Å². The standard InChI is InChI=1S/C21H14Br2N2O5/c1-29-15-7-11(22)3-9-5-13(20(27)24-17(9)15)19(26)14-6-10-4-12(23)8-16(30-2)18(10)25-21(14)28/h3-8H,1-2H3,(H,24,27)(H,25,28). The zero-order valence-electron chi connectivity index (χ0n) is 15.8. The largest absolute Gasteiger partial charge is 0.495 e. The molecular weight excluding hydrogens is 520 g/mol. The summed E-state index contributed by atoms with van der Waals surface area (Å²) in [5, 5.41) is 1.18. The van der Waals surface area contributed by atoms with Crippen LogP contribution in [-0.4, -0.2) is 30.0 Å². The molecule has 2 N–H and O–H groups in total. The molecule has 2 aromatic carbocycles. The number of ether oxygens (including phenoxy) is 2. The van der Waals surface area contributed by atoms with E-state index in [0.29, 0.717) is 33.3 Å². The molecule has 9 heteroatoms. The van der Waals surface area contributed by atoms with Gasteiger partial charge in [0.25, 0.3) is 11.1 Å². The second-order valence-corrected chi connectivity index (χ2v) is 8.33. The second-order valence-electron chi connectivity index (χ2n) is 6.50. The highest BCUT2D eigenvalue weighted by atomic mass is 79.9. The fraction of sp³-hybridized carbons (Fsp3) is 0.0952. The first-order valence-corrected chi connectivity index (χ1v) is 10.3. The summed E-state index contributed by atoms with van der Waals surface area (Å²) >= 11 is 6.76. The molecular formula is C21H14Br2N2O5. The Morgan fingerprint density at radius 2 is 1.13 bits per heavy atom. The number of hydrogen-bond acceptors (Lipinski definition) is 5. The fourth-order valence-corrected chi connectivity index (χ4v) is 4.22. The lowest BCUT2D eigenvalue weighted by Crippen LogP contribution is -2.24. The lowest BCUT2D eigenvalue weighted by Gasteiger charge is -2.09. The van der Waals surface area contributed by atoms with Crippen LogP contribution in [0.3, 0.4) is 0 Å². The maximum Gasteiger partial charge on any atom is 0.259 e. The van der Waals surface area contributed by atoms with Gasteiger partial charge >= 0.3 is 0 Å². The van der Waals surface area contributed by atoms with Crippen molar-refractivity contribution in [1.82, 2.24) is 9.97 Å². The van der Waals surface area contributed by atoms with E-state index in [4.69, 9.17) is 9.47 Å². The molecule has 0 atom stereocenters. The van der Waals surface area contributed by atoms with Gasteiger partial charge in [0.15, 0.2) is 0 Å². The topological polar surface area (TPSA) is 101 Å². The Morgan fingerprint density at radius 1 is 0.733 bits per heavy atom. The zero-order valence-corrected chi connectivity index (χ0v) is 18.9. The first kappa shape index (κ1) is 20.4. The highest BCUT2D eigenvalue weighted by Crippen LogP contribution is 2.30. The zero-order chi connectivity index (χ0) is 21.6. The van der Waals surface area contributed by atoms with Gasteiger partial charge in [-0.2, -0.15) is 0 Å². The van der Waals surface area contributed by atoms with Crippen molar-refractivity contribution in [2.45, 2.75) is 0 Å². The Hall–Kier alpha value is -2.91. The number of ketones is 1. The van der Waals surface area contributed by atoms with Gasteiger partial charge in [0, 0.05) is 19.7 Å². The summed E-state index contributed by atoms with van der Waals surface area (Å²) in [7, 11) is 2.97. The number of hydrogen-bond donors (Lipinski definition) is 2. The average Bonchev–Trinajstić information content (AvgIpc) is 2.71. The van der Waals surface area contributed by atoms with E-state index in [9.17, 15) is 14.4 Å². The van der Waals surface area contributed by atoms with Gasteiger partial charge in [-0.3, -0.25) is 14.4 Å². The SMILES string of the molecule is COc1cc(Br)cc2cc(C(=O)c3cc4cc(Br)cc(OC)c4[nH]c3=O)c(=O)[nH]c12. The van der Waals surface area contributed by atoms with E-state index in [-0.39, 0.29) is 11.1 Å². The number of nitrogens with one attached hydrogen (secondary N) is 2. The van der Waals surface area contributed by atoms with Gasteiger partial charge in [-0.15, -0.1) is 0 Å². The normalized spacial score (nSPS) is 11.1. The van der Waals surface area contributed by atoms with Gasteiger partial charge in [0.2, 0.25) is 5.78 Å². The predicted molar refractivity (Wildman–Crippen MR) is 121 cm³/mol. The third-order valence-corrected chi connectivity index (χ3v) is 5.61. The minimum atomic E-state index is -0.681. The Kier molecular flexibility index (Phi) is 5.25. The first-order valence-electron chi connectivity index (χ1n) is 8.68. The van der Waals surface area contributed by atoms with Crippen LogP contribution in [0.5, 0.6) is 11.5 Å². The summed E-state index contributed by atoms with van der Waals surface area (Å²) in [6.45, 7) is 0. The number of aromatic amines is 2. The molecule has 2 aromatic heterocycles. The molecule has 152 valence electrons. The van der Waals surface area contributed by atoms with Gasteiger partial charge in [-0.05, 0) is 36.4 Å². The van der Waals surface area contributed by atoms with Crippen molar-refractivity contribution in [3.8, 4) is 11.5 Å². The van der Waals surface area contributed by atoms with Gasteiger partial charge in [0.1, 0.15) is 11.5 Å². The molecule has 0 aliphatic carbocycles. The van der Waals surface area contributed by atoms with Gasteiger partial charge < -0.3 is 19.4 Å². The average molecular weight is 534 g/mol. The Balaban J connectivity index is 1.93. The van der Waals surface area contributed by atoms with Crippen LogP contribution >= 0.6 is 31.9 Å². The molecule has 7 nitrogen and oxygen atoms in total. The van der Waals surface area contributed by atoms with Crippen molar-refractivity contribution < 1.29 is 14.3 Å². The van der Waals surface area contributed by atoms with Crippen molar-refractivity contribution in [2.75, 3.05) is 14.2 Å². The van der Waals surface area contributed by atoms with E-state index < -0.39 is 16.9 Å². The molecule has 0 spiro atoms. The summed E-state index contributed by atoms with van der Waals surface area (Å²) < 4.78 is 12.0. The number of carbonyl (C=O) groups excluding carboxylic acids is 1. The molecule has 30 heavy (non-hydrogen) atoms. The van der Waals surface area contributed by atoms with Crippen molar-refractivity contribution in [1.29, 1.82) is 0 Å². The molecule has 4 rings (SSSR count). The minimum Gasteiger partial charge on any atom is -0.495 e. The molecule has 4 aromatic rings. The van der Waals surface area contributed by atoms with Crippen molar-refractivity contribution in [2.24, 2.45) is 0 Å². The van der Waals surface area contributed by atoms with Crippen molar-refractivity contribution in [3.05, 3.63) is 77.2 Å². The molecule has 0 aliphatic heterocycles. The van der Waals surface area contributed by atoms with Crippen molar-refractivity contribution >= 4 is 59.4 Å². The van der Waals surface area contributed by atoms with Crippen molar-refractivity contribution in [3.63, 3.8) is 0 Å². The maximum atomic E-state index is 13.1. The number of fused-ring (bicyclic) bond motifs is 2. The Labute approximate surface area is 186 Å². The Bertz CT molecular complexity index is 1350. The number of methoxy groups -OCH3 is 2. The van der Waals surface area contributed by atoms with E-state index in [1.807, 2.05) is 0 Å². The maximum absolute atomic E-state index is 13.1. The van der Waals surface area contributed by atoms with E-state index in [2.05, 4.69) is 41.8 Å². The van der Waals surface area contributed by atoms with Gasteiger partial charge in [0.05, 0.1) is 36.4 Å². The number of halogens is 2. The fourth-order valence-electron chi connectivity index (χ4n) is 3.31. The molecule has 0 fully saturated rings. The summed E-state index contributed by atoms with van der Waals surface area (Å²) in [6, 6.07) is 9.82. The molecule has 2 heterocycles. The monoisotopic (exact) mass is 532 g/mol. The van der Waals surface area contributed by atoms with E-state index >= 15 is 0 Å². The van der Waals surface area contributed by atoms with E-state index in [0.717, 1.165) is 8.95 Å². The number of pyridine rings is 2. The van der Waals surface area contributed by atoms with Gasteiger partial charge in [-0.1, -0.05) is 31.9 Å². The number of rotatable bonds is 4. The van der Waals surface area contributed by atoms with Crippen LogP contribution in [-0.2, 0) is 0 Å². The third kappa shape index (κ3) is 3.44. The van der Waals surface area contributed by atoms with Crippen LogP contribution in [0.25, 0.3) is 21.8 Å². The lowest BCUT2D eigenvalue weighted by molar-refractivity contribution is 0.103. The third-order valence-electron chi connectivity index (χ3n) is 4.69. The predicted octanol–water partition coefficient (Wildman–Crippen LogP) is 4.14. The quantitative estimate of drug-likeness (QED) is 0.384. The van der Waals surface area contributed by atoms with Crippen LogP contribution in [0, 0.1) is 0 Å². The summed E-state index contributed by atoms with van der Waals surface area (Å²) in [5.74, 6) is 0.228. The highest BCUT2D eigenvalue weighted by molar-refractivity contribution is 9.10. The van der Waals surface area contributed by atoms with Crippen LogP contribution in [0.1, 0.15) is 15.9 Å². The summed E-state index contributed by atoms with van der Waals surface area (Å²) in [5.41, 5.74) is -0.588. The molecule has 0 unspecified atom stereocenters. The minimum absolute atomic E-state index is 0.144. The van der Waals surface area contributed by atoms with E-state index in [1.165, 1.54) is 26.4 Å². The van der Waals surface area contributed by atoms with Crippen LogP contribution in [0.4, 0.5) is 0 Å². The number of H-pyrrole nitrogens is 2.